The molecule has 0 saturated heterocycles. The first kappa shape index (κ1) is 22.4. The zero-order valence-electron chi connectivity index (χ0n) is 17.8. The van der Waals surface area contributed by atoms with Crippen LogP contribution in [0.5, 0.6) is 0 Å². The molecule has 7 heteroatoms. The zero-order chi connectivity index (χ0) is 22.7. The fraction of sp³-hybridized carbons (Fsp3) is 0.240. The van der Waals surface area contributed by atoms with Crippen LogP contribution in [0.3, 0.4) is 0 Å². The maximum Gasteiger partial charge on any atom is 0.264 e. The van der Waals surface area contributed by atoms with Gasteiger partial charge in [-0.3, -0.25) is 9.10 Å². The molecule has 0 radical (unpaired) electrons. The number of carbonyl (C=O) groups excluding carboxylic acids is 1. The lowest BCUT2D eigenvalue weighted by Gasteiger charge is -2.26. The summed E-state index contributed by atoms with van der Waals surface area (Å²) in [6.45, 7) is 1.52. The Labute approximate surface area is 194 Å². The van der Waals surface area contributed by atoms with Crippen molar-refractivity contribution in [1.29, 1.82) is 0 Å². The number of nitrogens with zero attached hydrogens (tertiary/aromatic N) is 1. The number of hydrogen-bond acceptors (Lipinski definition) is 3. The van der Waals surface area contributed by atoms with E-state index in [0.29, 0.717) is 0 Å². The quantitative estimate of drug-likeness (QED) is 0.536. The standard InChI is InChI=1S/C25H25ClN2O3S/c1-18(20-15-14-19-8-7-9-21(19)16-20)27-25(29)17-28(24-13-6-5-12-23(24)26)32(30,31)22-10-3-2-4-11-22/h2-6,10-16,18H,7-9,17H2,1H3,(H,27,29). The van der Waals surface area contributed by atoms with Crippen molar-refractivity contribution >= 4 is 33.2 Å². The van der Waals surface area contributed by atoms with E-state index in [0.717, 1.165) is 29.1 Å². The summed E-state index contributed by atoms with van der Waals surface area (Å²) >= 11 is 6.31. The van der Waals surface area contributed by atoms with Crippen molar-refractivity contribution in [3.63, 3.8) is 0 Å². The number of carbonyl (C=O) groups is 1. The fourth-order valence-corrected chi connectivity index (χ4v) is 5.78. The normalized spacial score (nSPS) is 13.9. The molecule has 3 aromatic rings. The van der Waals surface area contributed by atoms with Gasteiger partial charge in [0.05, 0.1) is 21.6 Å². The number of benzene rings is 3. The van der Waals surface area contributed by atoms with E-state index < -0.39 is 15.9 Å². The largest absolute Gasteiger partial charge is 0.348 e. The van der Waals surface area contributed by atoms with Gasteiger partial charge in [-0.05, 0) is 67.1 Å². The van der Waals surface area contributed by atoms with Crippen LogP contribution in [0, 0.1) is 0 Å². The molecule has 0 heterocycles. The van der Waals surface area contributed by atoms with Gasteiger partial charge in [-0.2, -0.15) is 0 Å². The number of para-hydroxylation sites is 1. The Kier molecular flexibility index (Phi) is 6.53. The molecule has 1 aliphatic rings. The minimum atomic E-state index is -3.99. The minimum Gasteiger partial charge on any atom is -0.348 e. The highest BCUT2D eigenvalue weighted by Crippen LogP contribution is 2.30. The van der Waals surface area contributed by atoms with E-state index in [1.807, 2.05) is 13.0 Å². The van der Waals surface area contributed by atoms with E-state index in [1.54, 1.807) is 42.5 Å². The Morgan fingerprint density at radius 2 is 1.69 bits per heavy atom. The predicted octanol–water partition coefficient (Wildman–Crippen LogP) is 4.90. The third kappa shape index (κ3) is 4.66. The first-order valence-corrected chi connectivity index (χ1v) is 12.4. The van der Waals surface area contributed by atoms with E-state index in [9.17, 15) is 13.2 Å². The summed E-state index contributed by atoms with van der Waals surface area (Å²) in [5, 5.41) is 3.20. The molecule has 0 bridgehead atoms. The number of nitrogens with one attached hydrogen (secondary N) is 1. The summed E-state index contributed by atoms with van der Waals surface area (Å²) in [4.78, 5) is 13.1. The number of halogens is 1. The Hall–Kier alpha value is -2.83. The second-order valence-electron chi connectivity index (χ2n) is 7.95. The minimum absolute atomic E-state index is 0.0967. The number of hydrogen-bond donors (Lipinski definition) is 1. The molecule has 0 fully saturated rings. The van der Waals surface area contributed by atoms with Gasteiger partial charge in [0.15, 0.2) is 0 Å². The van der Waals surface area contributed by atoms with Crippen molar-refractivity contribution < 1.29 is 13.2 Å². The maximum atomic E-state index is 13.4. The average Bonchev–Trinajstić information content (AvgIpc) is 3.26. The van der Waals surface area contributed by atoms with Crippen LogP contribution in [0.4, 0.5) is 5.69 Å². The first-order chi connectivity index (χ1) is 15.4. The van der Waals surface area contributed by atoms with Crippen molar-refractivity contribution in [3.8, 4) is 0 Å². The third-order valence-electron chi connectivity index (χ3n) is 5.74. The van der Waals surface area contributed by atoms with Crippen LogP contribution < -0.4 is 9.62 Å². The van der Waals surface area contributed by atoms with Gasteiger partial charge in [0.1, 0.15) is 6.54 Å². The topological polar surface area (TPSA) is 66.5 Å². The van der Waals surface area contributed by atoms with Crippen LogP contribution in [0.25, 0.3) is 0 Å². The smallest absolute Gasteiger partial charge is 0.264 e. The summed E-state index contributed by atoms with van der Waals surface area (Å²) in [6, 6.07) is 20.7. The fourth-order valence-electron chi connectivity index (χ4n) is 4.04. The van der Waals surface area contributed by atoms with Gasteiger partial charge < -0.3 is 5.32 Å². The van der Waals surface area contributed by atoms with Crippen LogP contribution in [-0.4, -0.2) is 20.9 Å². The van der Waals surface area contributed by atoms with E-state index in [4.69, 9.17) is 11.6 Å². The number of amides is 1. The summed E-state index contributed by atoms with van der Waals surface area (Å²) in [5.41, 5.74) is 3.96. The molecule has 1 N–H and O–H groups in total. The molecule has 1 amide bonds. The molecule has 4 rings (SSSR count). The van der Waals surface area contributed by atoms with Gasteiger partial charge in [-0.1, -0.05) is 60.1 Å². The van der Waals surface area contributed by atoms with Gasteiger partial charge in [-0.15, -0.1) is 0 Å². The molecule has 5 nitrogen and oxygen atoms in total. The molecule has 0 spiro atoms. The highest BCUT2D eigenvalue weighted by molar-refractivity contribution is 7.92. The highest BCUT2D eigenvalue weighted by Gasteiger charge is 2.29. The SMILES string of the molecule is CC(NC(=O)CN(c1ccccc1Cl)S(=O)(=O)c1ccccc1)c1ccc2c(c1)CCC2. The summed E-state index contributed by atoms with van der Waals surface area (Å²) in [5.74, 6) is -0.405. The lowest BCUT2D eigenvalue weighted by molar-refractivity contribution is -0.120. The number of anilines is 1. The Morgan fingerprint density at radius 1 is 1.00 bits per heavy atom. The van der Waals surface area contributed by atoms with Gasteiger partial charge in [0, 0.05) is 0 Å². The van der Waals surface area contributed by atoms with Crippen molar-refractivity contribution in [2.45, 2.75) is 37.1 Å². The van der Waals surface area contributed by atoms with Crippen LogP contribution in [0.1, 0.15) is 36.1 Å². The summed E-state index contributed by atoms with van der Waals surface area (Å²) < 4.78 is 27.8. The van der Waals surface area contributed by atoms with Crippen molar-refractivity contribution in [1.82, 2.24) is 5.32 Å². The van der Waals surface area contributed by atoms with E-state index in [2.05, 4.69) is 17.4 Å². The first-order valence-electron chi connectivity index (χ1n) is 10.6. The van der Waals surface area contributed by atoms with E-state index in [-0.39, 0.29) is 28.2 Å². The maximum absolute atomic E-state index is 13.4. The zero-order valence-corrected chi connectivity index (χ0v) is 19.4. The highest BCUT2D eigenvalue weighted by atomic mass is 35.5. The van der Waals surface area contributed by atoms with Crippen LogP contribution in [0.15, 0.2) is 77.7 Å². The van der Waals surface area contributed by atoms with Crippen molar-refractivity contribution in [3.05, 3.63) is 94.5 Å². The lowest BCUT2D eigenvalue weighted by atomic mass is 10.0. The number of sulfonamides is 1. The van der Waals surface area contributed by atoms with E-state index >= 15 is 0 Å². The molecule has 32 heavy (non-hydrogen) atoms. The molecule has 3 aromatic carbocycles. The average molecular weight is 469 g/mol. The molecular formula is C25H25ClN2O3S. The van der Waals surface area contributed by atoms with Crippen molar-refractivity contribution in [2.24, 2.45) is 0 Å². The van der Waals surface area contributed by atoms with Crippen LogP contribution in [-0.2, 0) is 27.7 Å². The Morgan fingerprint density at radius 3 is 2.44 bits per heavy atom. The van der Waals surface area contributed by atoms with Crippen LogP contribution >= 0.6 is 11.6 Å². The monoisotopic (exact) mass is 468 g/mol. The molecule has 0 aromatic heterocycles. The van der Waals surface area contributed by atoms with Crippen molar-refractivity contribution in [2.75, 3.05) is 10.8 Å². The second kappa shape index (κ2) is 9.35. The Bertz CT molecular complexity index is 1230. The van der Waals surface area contributed by atoms with Crippen LogP contribution in [0.2, 0.25) is 5.02 Å². The number of aryl methyl sites for hydroxylation is 2. The summed E-state index contributed by atoms with van der Waals surface area (Å²) in [6.07, 6.45) is 3.31. The van der Waals surface area contributed by atoms with E-state index in [1.165, 1.54) is 23.3 Å². The van der Waals surface area contributed by atoms with Gasteiger partial charge >= 0.3 is 0 Å². The molecule has 1 aliphatic carbocycles. The Balaban J connectivity index is 1.58. The molecule has 1 unspecified atom stereocenters. The molecule has 0 aliphatic heterocycles. The molecular weight excluding hydrogens is 444 g/mol. The van der Waals surface area contributed by atoms with Gasteiger partial charge in [0.2, 0.25) is 5.91 Å². The third-order valence-corrected chi connectivity index (χ3v) is 7.83. The van der Waals surface area contributed by atoms with Gasteiger partial charge in [-0.25, -0.2) is 8.42 Å². The summed E-state index contributed by atoms with van der Waals surface area (Å²) in [7, 11) is -3.99. The number of rotatable bonds is 7. The number of fused-ring (bicyclic) bond motifs is 1. The van der Waals surface area contributed by atoms with Gasteiger partial charge in [0.25, 0.3) is 10.0 Å². The molecule has 0 saturated carbocycles. The molecule has 166 valence electrons. The predicted molar refractivity (Wildman–Crippen MR) is 127 cm³/mol. The second-order valence-corrected chi connectivity index (χ2v) is 10.2. The molecule has 1 atom stereocenters. The lowest BCUT2D eigenvalue weighted by Crippen LogP contribution is -2.41.